The highest BCUT2D eigenvalue weighted by molar-refractivity contribution is 6.06. The second-order valence-corrected chi connectivity index (χ2v) is 7.16. The fourth-order valence-corrected chi connectivity index (χ4v) is 3.53. The van der Waals surface area contributed by atoms with Crippen LogP contribution in [0.15, 0.2) is 91.1 Å². The zero-order valence-electron chi connectivity index (χ0n) is 16.4. The third-order valence-electron chi connectivity index (χ3n) is 5.08. The normalized spacial score (nSPS) is 11.0. The van der Waals surface area contributed by atoms with Crippen LogP contribution in [0.4, 0.5) is 0 Å². The summed E-state index contributed by atoms with van der Waals surface area (Å²) in [5.41, 5.74) is 4.74. The molecule has 0 aliphatic rings. The van der Waals surface area contributed by atoms with Crippen molar-refractivity contribution < 1.29 is 9.53 Å². The van der Waals surface area contributed by atoms with Crippen molar-refractivity contribution in [1.82, 2.24) is 9.97 Å². The highest BCUT2D eigenvalue weighted by Crippen LogP contribution is 2.28. The van der Waals surface area contributed by atoms with Crippen molar-refractivity contribution in [3.05, 3.63) is 102 Å². The molecule has 144 valence electrons. The molecule has 3 aromatic carbocycles. The Morgan fingerprint density at radius 3 is 2.53 bits per heavy atom. The van der Waals surface area contributed by atoms with Gasteiger partial charge >= 0.3 is 5.97 Å². The molecule has 0 saturated heterocycles. The molecule has 0 bridgehead atoms. The Balaban J connectivity index is 1.62. The van der Waals surface area contributed by atoms with Crippen LogP contribution in [0.5, 0.6) is 5.75 Å². The number of pyridine rings is 2. The fraction of sp³-hybridized carbons (Fsp3) is 0.0385. The van der Waals surface area contributed by atoms with Gasteiger partial charge in [-0.2, -0.15) is 0 Å². The number of rotatable bonds is 3. The Labute approximate surface area is 173 Å². The smallest absolute Gasteiger partial charge is 0.344 e. The molecule has 2 heterocycles. The summed E-state index contributed by atoms with van der Waals surface area (Å²) in [6.45, 7) is 2.04. The molecule has 0 spiro atoms. The third-order valence-corrected chi connectivity index (χ3v) is 5.08. The number of carbonyl (C=O) groups excluding carboxylic acids is 1. The quantitative estimate of drug-likeness (QED) is 0.281. The van der Waals surface area contributed by atoms with Gasteiger partial charge in [0.25, 0.3) is 0 Å². The highest BCUT2D eigenvalue weighted by Gasteiger charge is 2.17. The molecule has 5 rings (SSSR count). The molecule has 0 unspecified atom stereocenters. The predicted octanol–water partition coefficient (Wildman–Crippen LogP) is 5.98. The van der Waals surface area contributed by atoms with E-state index in [4.69, 9.17) is 9.72 Å². The first-order valence-corrected chi connectivity index (χ1v) is 9.72. The number of aryl methyl sites for hydroxylation is 1. The van der Waals surface area contributed by atoms with Gasteiger partial charge in [-0.25, -0.2) is 9.78 Å². The first-order valence-electron chi connectivity index (χ1n) is 9.72. The number of aromatic nitrogens is 2. The van der Waals surface area contributed by atoms with Crippen molar-refractivity contribution in [3.8, 4) is 17.0 Å². The summed E-state index contributed by atoms with van der Waals surface area (Å²) in [7, 11) is 0. The molecule has 0 aliphatic carbocycles. The first kappa shape index (κ1) is 18.0. The van der Waals surface area contributed by atoms with Crippen LogP contribution in [0.3, 0.4) is 0 Å². The van der Waals surface area contributed by atoms with Crippen molar-refractivity contribution >= 4 is 27.8 Å². The minimum Gasteiger partial charge on any atom is -0.421 e. The molecule has 0 amide bonds. The number of para-hydroxylation sites is 2. The summed E-state index contributed by atoms with van der Waals surface area (Å²) in [6, 6.07) is 26.9. The maximum Gasteiger partial charge on any atom is 0.344 e. The van der Waals surface area contributed by atoms with Gasteiger partial charge in [0.15, 0.2) is 5.75 Å². The number of hydrogen-bond acceptors (Lipinski definition) is 4. The fourth-order valence-electron chi connectivity index (χ4n) is 3.53. The SMILES string of the molecule is Cc1ccc(-c2cc(C(=O)Oc3cccc4cccnc34)c3ccccc3n2)cc1. The lowest BCUT2D eigenvalue weighted by atomic mass is 10.0. The first-order chi connectivity index (χ1) is 14.7. The zero-order chi connectivity index (χ0) is 20.5. The van der Waals surface area contributed by atoms with E-state index in [-0.39, 0.29) is 0 Å². The van der Waals surface area contributed by atoms with E-state index in [0.717, 1.165) is 27.5 Å². The van der Waals surface area contributed by atoms with Crippen molar-refractivity contribution in [2.45, 2.75) is 6.92 Å². The molecule has 0 N–H and O–H groups in total. The molecular weight excluding hydrogens is 372 g/mol. The van der Waals surface area contributed by atoms with Crippen LogP contribution in [-0.4, -0.2) is 15.9 Å². The Hall–Kier alpha value is -4.05. The number of hydrogen-bond donors (Lipinski definition) is 0. The molecule has 0 atom stereocenters. The Bertz CT molecular complexity index is 1390. The number of ether oxygens (including phenoxy) is 1. The molecule has 2 aromatic heterocycles. The van der Waals surface area contributed by atoms with Gasteiger partial charge in [0.2, 0.25) is 0 Å². The lowest BCUT2D eigenvalue weighted by Gasteiger charge is -2.11. The number of benzene rings is 3. The summed E-state index contributed by atoms with van der Waals surface area (Å²) in [5, 5.41) is 1.68. The van der Waals surface area contributed by atoms with E-state index in [2.05, 4.69) is 4.98 Å². The molecule has 0 saturated carbocycles. The highest BCUT2D eigenvalue weighted by atomic mass is 16.5. The monoisotopic (exact) mass is 390 g/mol. The average molecular weight is 390 g/mol. The van der Waals surface area contributed by atoms with Crippen LogP contribution in [0.25, 0.3) is 33.1 Å². The van der Waals surface area contributed by atoms with E-state index in [9.17, 15) is 4.79 Å². The molecule has 0 aliphatic heterocycles. The van der Waals surface area contributed by atoms with Crippen LogP contribution in [-0.2, 0) is 0 Å². The van der Waals surface area contributed by atoms with E-state index in [1.165, 1.54) is 5.56 Å². The van der Waals surface area contributed by atoms with Gasteiger partial charge in [-0.15, -0.1) is 0 Å². The summed E-state index contributed by atoms with van der Waals surface area (Å²) < 4.78 is 5.80. The second kappa shape index (κ2) is 7.41. The maximum absolute atomic E-state index is 13.2. The Morgan fingerprint density at radius 2 is 1.67 bits per heavy atom. The topological polar surface area (TPSA) is 52.1 Å². The third kappa shape index (κ3) is 3.29. The van der Waals surface area contributed by atoms with E-state index in [0.29, 0.717) is 16.8 Å². The largest absolute Gasteiger partial charge is 0.421 e. The Morgan fingerprint density at radius 1 is 0.867 bits per heavy atom. The van der Waals surface area contributed by atoms with E-state index >= 15 is 0 Å². The van der Waals surface area contributed by atoms with E-state index in [1.54, 1.807) is 18.3 Å². The molecule has 30 heavy (non-hydrogen) atoms. The predicted molar refractivity (Wildman–Crippen MR) is 119 cm³/mol. The molecule has 5 aromatic rings. The number of esters is 1. The molecular formula is C26H18N2O2. The maximum atomic E-state index is 13.2. The van der Waals surface area contributed by atoms with Gasteiger partial charge in [0, 0.05) is 22.5 Å². The van der Waals surface area contributed by atoms with Crippen LogP contribution in [0.1, 0.15) is 15.9 Å². The average Bonchev–Trinajstić information content (AvgIpc) is 2.79. The van der Waals surface area contributed by atoms with Crippen LogP contribution in [0, 0.1) is 6.92 Å². The van der Waals surface area contributed by atoms with Gasteiger partial charge in [-0.3, -0.25) is 4.98 Å². The minimum atomic E-state index is -0.430. The second-order valence-electron chi connectivity index (χ2n) is 7.16. The number of carbonyl (C=O) groups is 1. The standard InChI is InChI=1S/C26H18N2O2/c1-17-11-13-18(14-12-17)23-16-21(20-8-2-3-9-22(20)28-23)26(29)30-24-10-4-6-19-7-5-15-27-25(19)24/h2-16H,1H3. The van der Waals surface area contributed by atoms with Crippen LogP contribution >= 0.6 is 0 Å². The molecule has 0 radical (unpaired) electrons. The van der Waals surface area contributed by atoms with Crippen LogP contribution in [0.2, 0.25) is 0 Å². The van der Waals surface area contributed by atoms with Gasteiger partial charge in [-0.1, -0.05) is 66.2 Å². The van der Waals surface area contributed by atoms with Crippen molar-refractivity contribution in [2.24, 2.45) is 0 Å². The molecule has 4 nitrogen and oxygen atoms in total. The molecule has 4 heteroatoms. The minimum absolute atomic E-state index is 0.430. The van der Waals surface area contributed by atoms with Gasteiger partial charge in [0.05, 0.1) is 16.8 Å². The van der Waals surface area contributed by atoms with E-state index < -0.39 is 5.97 Å². The summed E-state index contributed by atoms with van der Waals surface area (Å²) in [4.78, 5) is 22.4. The summed E-state index contributed by atoms with van der Waals surface area (Å²) in [5.74, 6) is 0.0102. The van der Waals surface area contributed by atoms with E-state index in [1.807, 2.05) is 79.7 Å². The zero-order valence-corrected chi connectivity index (χ0v) is 16.4. The van der Waals surface area contributed by atoms with Gasteiger partial charge < -0.3 is 4.74 Å². The van der Waals surface area contributed by atoms with Crippen molar-refractivity contribution in [1.29, 1.82) is 0 Å². The van der Waals surface area contributed by atoms with Crippen LogP contribution < -0.4 is 4.74 Å². The lowest BCUT2D eigenvalue weighted by molar-refractivity contribution is 0.0739. The lowest BCUT2D eigenvalue weighted by Crippen LogP contribution is -2.10. The summed E-state index contributed by atoms with van der Waals surface area (Å²) >= 11 is 0. The van der Waals surface area contributed by atoms with Gasteiger partial charge in [-0.05, 0) is 31.2 Å². The van der Waals surface area contributed by atoms with Crippen molar-refractivity contribution in [2.75, 3.05) is 0 Å². The van der Waals surface area contributed by atoms with Gasteiger partial charge in [0.1, 0.15) is 5.52 Å². The summed E-state index contributed by atoms with van der Waals surface area (Å²) in [6.07, 6.45) is 1.69. The van der Waals surface area contributed by atoms with Crippen molar-refractivity contribution in [3.63, 3.8) is 0 Å². The number of fused-ring (bicyclic) bond motifs is 2. The molecule has 0 fully saturated rings. The number of nitrogens with zero attached hydrogens (tertiary/aromatic N) is 2. The Kier molecular flexibility index (Phi) is 4.45.